The van der Waals surface area contributed by atoms with Crippen molar-refractivity contribution in [1.82, 2.24) is 0 Å². The minimum absolute atomic E-state index is 0.182. The van der Waals surface area contributed by atoms with Crippen molar-refractivity contribution in [3.63, 3.8) is 0 Å². The van der Waals surface area contributed by atoms with Crippen molar-refractivity contribution in [2.45, 2.75) is 38.5 Å². The van der Waals surface area contributed by atoms with Crippen LogP contribution in [0.5, 0.6) is 0 Å². The molecule has 0 saturated heterocycles. The third-order valence-electron chi connectivity index (χ3n) is 5.77. The van der Waals surface area contributed by atoms with Crippen LogP contribution >= 0.6 is 15.9 Å². The van der Waals surface area contributed by atoms with E-state index >= 15 is 0 Å². The molecular formula is C18H21BrO2. The molecule has 0 atom stereocenters. The van der Waals surface area contributed by atoms with Gasteiger partial charge < -0.3 is 4.74 Å². The Hall–Kier alpha value is -0.830. The van der Waals surface area contributed by atoms with E-state index in [-0.39, 0.29) is 5.97 Å². The molecule has 0 aromatic heterocycles. The number of benzene rings is 1. The number of carbonyl (C=O) groups is 1. The molecule has 0 amide bonds. The lowest BCUT2D eigenvalue weighted by molar-refractivity contribution is -0.0848. The molecule has 0 heterocycles. The van der Waals surface area contributed by atoms with Crippen molar-refractivity contribution in [2.24, 2.45) is 23.2 Å². The molecule has 3 heteroatoms. The Kier molecular flexibility index (Phi) is 3.36. The quantitative estimate of drug-likeness (QED) is 0.731. The van der Waals surface area contributed by atoms with E-state index in [0.29, 0.717) is 17.6 Å². The number of carbonyl (C=O) groups excluding carboxylic acids is 1. The van der Waals surface area contributed by atoms with Crippen molar-refractivity contribution >= 4 is 21.9 Å². The summed E-state index contributed by atoms with van der Waals surface area (Å²) in [7, 11) is 0. The first-order valence-electron chi connectivity index (χ1n) is 8.05. The molecule has 4 bridgehead atoms. The van der Waals surface area contributed by atoms with Crippen molar-refractivity contribution < 1.29 is 9.53 Å². The molecule has 4 aliphatic rings. The van der Waals surface area contributed by atoms with Gasteiger partial charge in [-0.05, 0) is 84.3 Å². The van der Waals surface area contributed by atoms with Crippen LogP contribution in [-0.4, -0.2) is 12.6 Å². The molecule has 0 N–H and O–H groups in total. The molecule has 1 aromatic carbocycles. The summed E-state index contributed by atoms with van der Waals surface area (Å²) in [5, 5.41) is 0. The van der Waals surface area contributed by atoms with E-state index in [9.17, 15) is 4.79 Å². The average Bonchev–Trinajstić information content (AvgIpc) is 2.44. The average molecular weight is 349 g/mol. The second-order valence-corrected chi connectivity index (χ2v) is 8.33. The Morgan fingerprint density at radius 2 is 1.67 bits per heavy atom. The van der Waals surface area contributed by atoms with Gasteiger partial charge in [0.1, 0.15) is 0 Å². The number of rotatable bonds is 3. The summed E-state index contributed by atoms with van der Waals surface area (Å²) >= 11 is 3.43. The maximum absolute atomic E-state index is 12.3. The van der Waals surface area contributed by atoms with Gasteiger partial charge in [-0.1, -0.05) is 12.1 Å². The van der Waals surface area contributed by atoms with Crippen LogP contribution in [0, 0.1) is 23.2 Å². The van der Waals surface area contributed by atoms with E-state index in [0.717, 1.165) is 22.2 Å². The molecule has 1 aromatic rings. The van der Waals surface area contributed by atoms with Crippen molar-refractivity contribution in [1.29, 1.82) is 0 Å². The lowest BCUT2D eigenvalue weighted by atomic mass is 9.50. The molecule has 4 fully saturated rings. The van der Waals surface area contributed by atoms with E-state index < -0.39 is 0 Å². The van der Waals surface area contributed by atoms with E-state index in [1.165, 1.54) is 38.5 Å². The van der Waals surface area contributed by atoms with Gasteiger partial charge in [-0.15, -0.1) is 0 Å². The molecule has 4 saturated carbocycles. The molecule has 2 nitrogen and oxygen atoms in total. The maximum Gasteiger partial charge on any atom is 0.339 e. The first-order chi connectivity index (χ1) is 10.1. The predicted octanol–water partition coefficient (Wildman–Crippen LogP) is 4.82. The summed E-state index contributed by atoms with van der Waals surface area (Å²) in [6.45, 7) is 0.622. The van der Waals surface area contributed by atoms with Crippen LogP contribution in [0.3, 0.4) is 0 Å². The van der Waals surface area contributed by atoms with Gasteiger partial charge in [-0.25, -0.2) is 4.79 Å². The zero-order chi connectivity index (χ0) is 14.4. The van der Waals surface area contributed by atoms with Gasteiger partial charge in [-0.2, -0.15) is 0 Å². The first-order valence-corrected chi connectivity index (χ1v) is 8.84. The molecule has 0 spiro atoms. The Bertz CT molecular complexity index is 531. The van der Waals surface area contributed by atoms with Crippen LogP contribution in [0.25, 0.3) is 0 Å². The van der Waals surface area contributed by atoms with E-state index in [2.05, 4.69) is 15.9 Å². The van der Waals surface area contributed by atoms with Crippen molar-refractivity contribution in [3.8, 4) is 0 Å². The highest BCUT2D eigenvalue weighted by Crippen LogP contribution is 2.60. The fraction of sp³-hybridized carbons (Fsp3) is 0.611. The fourth-order valence-corrected chi connectivity index (χ4v) is 5.84. The van der Waals surface area contributed by atoms with Gasteiger partial charge in [0.2, 0.25) is 0 Å². The molecule has 0 radical (unpaired) electrons. The van der Waals surface area contributed by atoms with Gasteiger partial charge in [0.05, 0.1) is 12.2 Å². The first kappa shape index (κ1) is 13.8. The van der Waals surface area contributed by atoms with Crippen molar-refractivity contribution in [3.05, 3.63) is 34.3 Å². The molecule has 0 unspecified atom stereocenters. The SMILES string of the molecule is O=C(OCC12CC3CC(CC(C3)C1)C2)c1ccccc1Br. The van der Waals surface area contributed by atoms with E-state index in [4.69, 9.17) is 4.74 Å². The summed E-state index contributed by atoms with van der Waals surface area (Å²) in [6, 6.07) is 7.51. The Labute approximate surface area is 134 Å². The fourth-order valence-electron chi connectivity index (χ4n) is 5.39. The number of esters is 1. The predicted molar refractivity (Wildman–Crippen MR) is 85.0 cm³/mol. The molecule has 112 valence electrons. The largest absolute Gasteiger partial charge is 0.461 e. The van der Waals surface area contributed by atoms with Gasteiger partial charge in [0.25, 0.3) is 0 Å². The lowest BCUT2D eigenvalue weighted by Gasteiger charge is -2.56. The van der Waals surface area contributed by atoms with Crippen LogP contribution in [-0.2, 0) is 4.74 Å². The number of ether oxygens (including phenoxy) is 1. The standard InChI is InChI=1S/C18H21BrO2/c19-16-4-2-1-3-15(16)17(20)21-11-18-8-12-5-13(9-18)7-14(6-12)10-18/h1-4,12-14H,5-11H2. The minimum atomic E-state index is -0.182. The van der Waals surface area contributed by atoms with Crippen LogP contribution in [0.4, 0.5) is 0 Å². The summed E-state index contributed by atoms with van der Waals surface area (Å²) in [5.74, 6) is 2.52. The Morgan fingerprint density at radius 3 is 2.24 bits per heavy atom. The normalized spacial score (nSPS) is 36.7. The Morgan fingerprint density at radius 1 is 1.10 bits per heavy atom. The number of hydrogen-bond donors (Lipinski definition) is 0. The van der Waals surface area contributed by atoms with Gasteiger partial charge in [0.15, 0.2) is 0 Å². The van der Waals surface area contributed by atoms with Gasteiger partial charge in [-0.3, -0.25) is 0 Å². The van der Waals surface area contributed by atoms with Crippen LogP contribution in [0.1, 0.15) is 48.9 Å². The smallest absolute Gasteiger partial charge is 0.339 e. The summed E-state index contributed by atoms with van der Waals surface area (Å²) in [5.41, 5.74) is 0.938. The zero-order valence-corrected chi connectivity index (χ0v) is 13.8. The third kappa shape index (κ3) is 2.54. The minimum Gasteiger partial charge on any atom is -0.461 e. The Balaban J connectivity index is 1.45. The third-order valence-corrected chi connectivity index (χ3v) is 6.46. The molecule has 21 heavy (non-hydrogen) atoms. The summed E-state index contributed by atoms with van der Waals surface area (Å²) in [4.78, 5) is 12.3. The van der Waals surface area contributed by atoms with Gasteiger partial charge in [0, 0.05) is 9.89 Å². The van der Waals surface area contributed by atoms with E-state index in [1.807, 2.05) is 24.3 Å². The highest BCUT2D eigenvalue weighted by molar-refractivity contribution is 9.10. The monoisotopic (exact) mass is 348 g/mol. The molecule has 0 aliphatic heterocycles. The summed E-state index contributed by atoms with van der Waals surface area (Å²) < 4.78 is 6.54. The van der Waals surface area contributed by atoms with E-state index in [1.54, 1.807) is 0 Å². The second-order valence-electron chi connectivity index (χ2n) is 7.47. The molecule has 5 rings (SSSR count). The molecule has 4 aliphatic carbocycles. The topological polar surface area (TPSA) is 26.3 Å². The maximum atomic E-state index is 12.3. The zero-order valence-electron chi connectivity index (χ0n) is 12.2. The van der Waals surface area contributed by atoms with Gasteiger partial charge >= 0.3 is 5.97 Å². The number of halogens is 1. The van der Waals surface area contributed by atoms with Crippen LogP contribution in [0.2, 0.25) is 0 Å². The second kappa shape index (κ2) is 5.12. The summed E-state index contributed by atoms with van der Waals surface area (Å²) in [6.07, 6.45) is 8.12. The highest BCUT2D eigenvalue weighted by Gasteiger charge is 2.51. The lowest BCUT2D eigenvalue weighted by Crippen LogP contribution is -2.48. The highest BCUT2D eigenvalue weighted by atomic mass is 79.9. The molecular weight excluding hydrogens is 328 g/mol. The van der Waals surface area contributed by atoms with Crippen molar-refractivity contribution in [2.75, 3.05) is 6.61 Å². The number of hydrogen-bond acceptors (Lipinski definition) is 2. The van der Waals surface area contributed by atoms with Crippen LogP contribution in [0.15, 0.2) is 28.7 Å². The van der Waals surface area contributed by atoms with Crippen LogP contribution < -0.4 is 0 Å².